The lowest BCUT2D eigenvalue weighted by Crippen LogP contribution is -2.37. The van der Waals surface area contributed by atoms with Crippen LogP contribution >= 0.6 is 34.7 Å². The van der Waals surface area contributed by atoms with E-state index in [0.29, 0.717) is 28.0 Å². The first-order valence-electron chi connectivity index (χ1n) is 9.90. The van der Waals surface area contributed by atoms with Crippen molar-refractivity contribution in [3.05, 3.63) is 51.3 Å². The van der Waals surface area contributed by atoms with Gasteiger partial charge in [0.2, 0.25) is 5.91 Å². The molecule has 0 aliphatic carbocycles. The molecule has 1 aromatic heterocycles. The summed E-state index contributed by atoms with van der Waals surface area (Å²) >= 11 is 8.84. The maximum atomic E-state index is 13.2. The van der Waals surface area contributed by atoms with Gasteiger partial charge in [-0.2, -0.15) is 0 Å². The number of rotatable bonds is 6. The Morgan fingerprint density at radius 1 is 1.42 bits per heavy atom. The summed E-state index contributed by atoms with van der Waals surface area (Å²) in [6, 6.07) is 8.32. The van der Waals surface area contributed by atoms with E-state index in [1.54, 1.807) is 24.3 Å². The summed E-state index contributed by atoms with van der Waals surface area (Å²) in [5.41, 5.74) is 0.739. The molecular formula is C21H20ClN3O5S3. The highest BCUT2D eigenvalue weighted by Gasteiger charge is 2.34. The predicted octanol–water partition coefficient (Wildman–Crippen LogP) is 3.19. The highest BCUT2D eigenvalue weighted by molar-refractivity contribution is 8.14. The number of aliphatic imine (C=N–C) groups is 1. The number of nitrogens with one attached hydrogen (secondary N) is 1. The van der Waals surface area contributed by atoms with Crippen LogP contribution in [-0.2, 0) is 19.4 Å². The SMILES string of the molecule is COc1ccc(N2C(=O)/C(=C\c3cccs3)N=C2SCC(=O)NC2CCS(=O)(=O)C2)cc1Cl. The van der Waals surface area contributed by atoms with Gasteiger partial charge in [-0.15, -0.1) is 11.3 Å². The molecule has 3 heterocycles. The fourth-order valence-corrected chi connectivity index (χ4v) is 6.83. The van der Waals surface area contributed by atoms with Crippen LogP contribution < -0.4 is 15.0 Å². The molecule has 1 fully saturated rings. The quantitative estimate of drug-likeness (QED) is 0.581. The Hall–Kier alpha value is -2.34. The lowest BCUT2D eigenvalue weighted by atomic mass is 10.2. The summed E-state index contributed by atoms with van der Waals surface area (Å²) in [6.07, 6.45) is 2.10. The van der Waals surface area contributed by atoms with Crippen molar-refractivity contribution in [2.45, 2.75) is 12.5 Å². The van der Waals surface area contributed by atoms with E-state index in [9.17, 15) is 18.0 Å². The minimum atomic E-state index is -3.09. The molecule has 2 amide bonds. The Kier molecular flexibility index (Phi) is 7.13. The van der Waals surface area contributed by atoms with Crippen molar-refractivity contribution >= 4 is 73.3 Å². The Bertz CT molecular complexity index is 1240. The van der Waals surface area contributed by atoms with Gasteiger partial charge in [-0.05, 0) is 42.1 Å². The van der Waals surface area contributed by atoms with Crippen molar-refractivity contribution in [1.29, 1.82) is 0 Å². The van der Waals surface area contributed by atoms with Crippen molar-refractivity contribution in [3.8, 4) is 5.75 Å². The number of nitrogens with zero attached hydrogens (tertiary/aromatic N) is 2. The van der Waals surface area contributed by atoms with Crippen LogP contribution in [0.1, 0.15) is 11.3 Å². The number of benzene rings is 1. The van der Waals surface area contributed by atoms with E-state index in [2.05, 4.69) is 10.3 Å². The molecule has 1 atom stereocenters. The number of thioether (sulfide) groups is 1. The van der Waals surface area contributed by atoms with Gasteiger partial charge >= 0.3 is 0 Å². The van der Waals surface area contributed by atoms with E-state index in [1.165, 1.54) is 23.3 Å². The first-order chi connectivity index (χ1) is 15.8. The van der Waals surface area contributed by atoms with Crippen LogP contribution in [-0.4, -0.2) is 55.8 Å². The fourth-order valence-electron chi connectivity index (χ4n) is 3.43. The van der Waals surface area contributed by atoms with E-state index >= 15 is 0 Å². The van der Waals surface area contributed by atoms with Crippen LogP contribution in [0.5, 0.6) is 5.75 Å². The highest BCUT2D eigenvalue weighted by Crippen LogP contribution is 2.34. The van der Waals surface area contributed by atoms with Gasteiger partial charge in [-0.25, -0.2) is 13.4 Å². The van der Waals surface area contributed by atoms with Gasteiger partial charge in [0, 0.05) is 10.9 Å². The molecule has 0 radical (unpaired) electrons. The molecule has 33 heavy (non-hydrogen) atoms. The number of amidine groups is 1. The van der Waals surface area contributed by atoms with Gasteiger partial charge in [0.15, 0.2) is 15.0 Å². The van der Waals surface area contributed by atoms with E-state index < -0.39 is 9.84 Å². The minimum absolute atomic E-state index is 0.0185. The minimum Gasteiger partial charge on any atom is -0.495 e. The number of anilines is 1. The average Bonchev–Trinajstić information content (AvgIpc) is 3.47. The number of hydrogen-bond acceptors (Lipinski definition) is 8. The second-order valence-corrected chi connectivity index (χ2v) is 11.9. The van der Waals surface area contributed by atoms with Crippen molar-refractivity contribution in [3.63, 3.8) is 0 Å². The molecule has 1 N–H and O–H groups in total. The maximum Gasteiger partial charge on any atom is 0.283 e. The number of hydrogen-bond donors (Lipinski definition) is 1. The van der Waals surface area contributed by atoms with Crippen LogP contribution in [0.3, 0.4) is 0 Å². The average molecular weight is 526 g/mol. The number of amides is 2. The summed E-state index contributed by atoms with van der Waals surface area (Å²) in [4.78, 5) is 32.4. The summed E-state index contributed by atoms with van der Waals surface area (Å²) in [7, 11) is -1.59. The second kappa shape index (κ2) is 9.88. The summed E-state index contributed by atoms with van der Waals surface area (Å²) in [5, 5.41) is 5.32. The van der Waals surface area contributed by atoms with E-state index in [4.69, 9.17) is 16.3 Å². The van der Waals surface area contributed by atoms with Crippen molar-refractivity contribution in [2.24, 2.45) is 4.99 Å². The molecule has 12 heteroatoms. The van der Waals surface area contributed by atoms with Gasteiger partial charge in [0.1, 0.15) is 11.4 Å². The maximum absolute atomic E-state index is 13.2. The second-order valence-electron chi connectivity index (χ2n) is 7.35. The van der Waals surface area contributed by atoms with Gasteiger partial charge in [-0.3, -0.25) is 14.5 Å². The van der Waals surface area contributed by atoms with Crippen molar-refractivity contribution in [2.75, 3.05) is 29.3 Å². The summed E-state index contributed by atoms with van der Waals surface area (Å²) in [6.45, 7) is 0. The Morgan fingerprint density at radius 2 is 2.24 bits per heavy atom. The van der Waals surface area contributed by atoms with Crippen molar-refractivity contribution < 1.29 is 22.7 Å². The zero-order chi connectivity index (χ0) is 23.6. The summed E-state index contributed by atoms with van der Waals surface area (Å²) in [5.74, 6) is -0.175. The number of methoxy groups -OCH3 is 1. The molecule has 2 aromatic rings. The molecule has 0 spiro atoms. The van der Waals surface area contributed by atoms with Gasteiger partial charge in [0.25, 0.3) is 5.91 Å². The van der Waals surface area contributed by atoms with Crippen LogP contribution in [0.25, 0.3) is 6.08 Å². The normalized spacial score (nSPS) is 20.8. The molecule has 2 aliphatic rings. The lowest BCUT2D eigenvalue weighted by molar-refractivity contribution is -0.119. The van der Waals surface area contributed by atoms with Gasteiger partial charge in [0.05, 0.1) is 35.1 Å². The number of ether oxygens (including phenoxy) is 1. The third-order valence-corrected chi connectivity index (χ3v) is 8.80. The third-order valence-electron chi connectivity index (χ3n) is 4.98. The Labute approximate surface area is 204 Å². The molecule has 8 nitrogen and oxygen atoms in total. The molecule has 174 valence electrons. The van der Waals surface area contributed by atoms with Crippen molar-refractivity contribution in [1.82, 2.24) is 5.32 Å². The lowest BCUT2D eigenvalue weighted by Gasteiger charge is -2.19. The molecule has 0 saturated carbocycles. The van der Waals surface area contributed by atoms with Crippen LogP contribution in [0.4, 0.5) is 5.69 Å². The van der Waals surface area contributed by atoms with E-state index in [1.807, 2.05) is 17.5 Å². The van der Waals surface area contributed by atoms with E-state index in [0.717, 1.165) is 16.6 Å². The molecule has 2 aliphatic heterocycles. The number of halogens is 1. The largest absolute Gasteiger partial charge is 0.495 e. The first-order valence-corrected chi connectivity index (χ1v) is 14.0. The summed E-state index contributed by atoms with van der Waals surface area (Å²) < 4.78 is 28.4. The van der Waals surface area contributed by atoms with Crippen LogP contribution in [0.2, 0.25) is 5.02 Å². The fraction of sp³-hybridized carbons (Fsp3) is 0.286. The topological polar surface area (TPSA) is 105 Å². The Morgan fingerprint density at radius 3 is 2.88 bits per heavy atom. The molecule has 4 rings (SSSR count). The smallest absolute Gasteiger partial charge is 0.283 e. The number of thiophene rings is 1. The first kappa shape index (κ1) is 23.8. The highest BCUT2D eigenvalue weighted by atomic mass is 35.5. The van der Waals surface area contributed by atoms with Crippen LogP contribution in [0, 0.1) is 0 Å². The van der Waals surface area contributed by atoms with Gasteiger partial charge in [-0.1, -0.05) is 29.4 Å². The molecule has 0 bridgehead atoms. The monoisotopic (exact) mass is 525 g/mol. The zero-order valence-electron chi connectivity index (χ0n) is 17.5. The third kappa shape index (κ3) is 5.60. The van der Waals surface area contributed by atoms with Crippen LogP contribution in [0.15, 0.2) is 46.4 Å². The molecule has 1 saturated heterocycles. The predicted molar refractivity (Wildman–Crippen MR) is 133 cm³/mol. The standard InChI is InChI=1S/C21H20ClN3O5S3/c1-30-18-5-4-14(9-16(18)22)25-20(27)17(10-15-3-2-7-31-15)24-21(25)32-11-19(26)23-13-6-8-33(28,29)12-13/h2-5,7,9-10,13H,6,8,11-12H2,1H3,(H,23,26)/b17-10+. The number of carbonyl (C=O) groups is 2. The number of sulfone groups is 1. The van der Waals surface area contributed by atoms with Gasteiger partial charge < -0.3 is 10.1 Å². The van der Waals surface area contributed by atoms with E-state index in [-0.39, 0.29) is 40.8 Å². The molecular weight excluding hydrogens is 506 g/mol. The zero-order valence-corrected chi connectivity index (χ0v) is 20.7. The number of carbonyl (C=O) groups excluding carboxylic acids is 2. The molecule has 1 unspecified atom stereocenters. The molecule has 1 aromatic carbocycles. The Balaban J connectivity index is 1.54.